The molecular formula is C15H19F2N. The highest BCUT2D eigenvalue weighted by molar-refractivity contribution is 5.20. The SMILES string of the molecule is NC(Cc1cc(F)ccc1F)C1CC2CCC1C2. The molecule has 3 rings (SSSR count). The van der Waals surface area contributed by atoms with Crippen LogP contribution in [0.25, 0.3) is 0 Å². The van der Waals surface area contributed by atoms with Gasteiger partial charge >= 0.3 is 0 Å². The predicted molar refractivity (Wildman–Crippen MR) is 67.0 cm³/mol. The van der Waals surface area contributed by atoms with Gasteiger partial charge in [-0.25, -0.2) is 8.78 Å². The van der Waals surface area contributed by atoms with Crippen LogP contribution in [0.1, 0.15) is 31.2 Å². The summed E-state index contributed by atoms with van der Waals surface area (Å²) >= 11 is 0. The Morgan fingerprint density at radius 3 is 2.72 bits per heavy atom. The van der Waals surface area contributed by atoms with E-state index < -0.39 is 0 Å². The standard InChI is InChI=1S/C15H19F2N/c16-12-3-4-14(17)11(7-12)8-15(18)13-6-9-1-2-10(13)5-9/h3-4,7,9-10,13,15H,1-2,5-6,8,18H2. The van der Waals surface area contributed by atoms with Crippen molar-refractivity contribution < 1.29 is 8.78 Å². The summed E-state index contributed by atoms with van der Waals surface area (Å²) in [7, 11) is 0. The number of hydrogen-bond donors (Lipinski definition) is 1. The molecule has 2 bridgehead atoms. The summed E-state index contributed by atoms with van der Waals surface area (Å²) in [6.45, 7) is 0. The van der Waals surface area contributed by atoms with E-state index >= 15 is 0 Å². The van der Waals surface area contributed by atoms with Gasteiger partial charge in [0.1, 0.15) is 11.6 Å². The van der Waals surface area contributed by atoms with E-state index in [0.717, 1.165) is 17.9 Å². The van der Waals surface area contributed by atoms with Crippen LogP contribution in [0.2, 0.25) is 0 Å². The molecule has 4 unspecified atom stereocenters. The van der Waals surface area contributed by atoms with Crippen molar-refractivity contribution in [2.75, 3.05) is 0 Å². The van der Waals surface area contributed by atoms with E-state index in [0.29, 0.717) is 17.9 Å². The third-order valence-corrected chi connectivity index (χ3v) is 4.81. The summed E-state index contributed by atoms with van der Waals surface area (Å²) in [5, 5.41) is 0. The summed E-state index contributed by atoms with van der Waals surface area (Å²) in [5.41, 5.74) is 6.65. The minimum absolute atomic E-state index is 0.0309. The van der Waals surface area contributed by atoms with Gasteiger partial charge in [-0.1, -0.05) is 6.42 Å². The van der Waals surface area contributed by atoms with Gasteiger partial charge in [0, 0.05) is 6.04 Å². The van der Waals surface area contributed by atoms with Crippen LogP contribution in [0.5, 0.6) is 0 Å². The van der Waals surface area contributed by atoms with Crippen LogP contribution in [0.3, 0.4) is 0 Å². The summed E-state index contributed by atoms with van der Waals surface area (Å²) in [6, 6.07) is 3.60. The molecule has 2 aliphatic carbocycles. The van der Waals surface area contributed by atoms with Gasteiger partial charge in [0.25, 0.3) is 0 Å². The molecule has 0 aromatic heterocycles. The molecule has 1 aromatic carbocycles. The summed E-state index contributed by atoms with van der Waals surface area (Å²) in [4.78, 5) is 0. The van der Waals surface area contributed by atoms with Gasteiger partial charge in [-0.3, -0.25) is 0 Å². The second-order valence-electron chi connectivity index (χ2n) is 5.94. The Morgan fingerprint density at radius 2 is 2.06 bits per heavy atom. The van der Waals surface area contributed by atoms with E-state index in [4.69, 9.17) is 5.73 Å². The maximum Gasteiger partial charge on any atom is 0.126 e. The molecular weight excluding hydrogens is 232 g/mol. The Balaban J connectivity index is 1.70. The first kappa shape index (κ1) is 12.1. The Labute approximate surface area is 106 Å². The zero-order chi connectivity index (χ0) is 12.7. The van der Waals surface area contributed by atoms with Crippen molar-refractivity contribution in [3.8, 4) is 0 Å². The highest BCUT2D eigenvalue weighted by Gasteiger charge is 2.42. The lowest BCUT2D eigenvalue weighted by Crippen LogP contribution is -2.35. The lowest BCUT2D eigenvalue weighted by molar-refractivity contribution is 0.279. The minimum Gasteiger partial charge on any atom is -0.327 e. The Kier molecular flexibility index (Phi) is 3.10. The average molecular weight is 251 g/mol. The predicted octanol–water partition coefficient (Wildman–Crippen LogP) is 3.27. The van der Waals surface area contributed by atoms with Crippen molar-refractivity contribution in [3.63, 3.8) is 0 Å². The van der Waals surface area contributed by atoms with Crippen molar-refractivity contribution in [2.45, 2.75) is 38.1 Å². The average Bonchev–Trinajstić information content (AvgIpc) is 2.96. The number of halogens is 2. The van der Waals surface area contributed by atoms with Gasteiger partial charge in [0.2, 0.25) is 0 Å². The molecule has 1 nitrogen and oxygen atoms in total. The normalized spacial score (nSPS) is 31.8. The van der Waals surface area contributed by atoms with Crippen molar-refractivity contribution in [2.24, 2.45) is 23.5 Å². The van der Waals surface area contributed by atoms with Crippen LogP contribution in [0.15, 0.2) is 18.2 Å². The van der Waals surface area contributed by atoms with Crippen LogP contribution in [0, 0.1) is 29.4 Å². The lowest BCUT2D eigenvalue weighted by atomic mass is 9.81. The minimum atomic E-state index is -0.383. The van der Waals surface area contributed by atoms with E-state index in [9.17, 15) is 8.78 Å². The number of fused-ring (bicyclic) bond motifs is 2. The first-order chi connectivity index (χ1) is 8.63. The maximum atomic E-state index is 13.6. The van der Waals surface area contributed by atoms with Gasteiger partial charge in [0.05, 0.1) is 0 Å². The fraction of sp³-hybridized carbons (Fsp3) is 0.600. The Hall–Kier alpha value is -0.960. The summed E-state index contributed by atoms with van der Waals surface area (Å²) in [5.74, 6) is 1.35. The van der Waals surface area contributed by atoms with Gasteiger partial charge in [-0.05, 0) is 67.2 Å². The zero-order valence-corrected chi connectivity index (χ0v) is 10.4. The molecule has 0 spiro atoms. The number of hydrogen-bond acceptors (Lipinski definition) is 1. The van der Waals surface area contributed by atoms with E-state index in [-0.39, 0.29) is 17.7 Å². The molecule has 0 heterocycles. The third kappa shape index (κ3) is 2.16. The molecule has 0 aliphatic heterocycles. The van der Waals surface area contributed by atoms with Gasteiger partial charge < -0.3 is 5.73 Å². The van der Waals surface area contributed by atoms with Gasteiger partial charge in [-0.15, -0.1) is 0 Å². The molecule has 0 radical (unpaired) electrons. The molecule has 2 N–H and O–H groups in total. The van der Waals surface area contributed by atoms with E-state index in [1.165, 1.54) is 37.8 Å². The molecule has 0 amide bonds. The Bertz CT molecular complexity index is 446. The highest BCUT2D eigenvalue weighted by Crippen LogP contribution is 2.49. The largest absolute Gasteiger partial charge is 0.327 e. The topological polar surface area (TPSA) is 26.0 Å². The van der Waals surface area contributed by atoms with Crippen molar-refractivity contribution in [1.29, 1.82) is 0 Å². The fourth-order valence-electron chi connectivity index (χ4n) is 3.92. The molecule has 98 valence electrons. The van der Waals surface area contributed by atoms with Gasteiger partial charge in [-0.2, -0.15) is 0 Å². The molecule has 2 aliphatic rings. The third-order valence-electron chi connectivity index (χ3n) is 4.81. The maximum absolute atomic E-state index is 13.6. The second-order valence-corrected chi connectivity index (χ2v) is 5.94. The molecule has 18 heavy (non-hydrogen) atoms. The number of nitrogens with two attached hydrogens (primary N) is 1. The summed E-state index contributed by atoms with van der Waals surface area (Å²) in [6.07, 6.45) is 5.54. The van der Waals surface area contributed by atoms with Crippen LogP contribution in [-0.2, 0) is 6.42 Å². The Morgan fingerprint density at radius 1 is 1.22 bits per heavy atom. The van der Waals surface area contributed by atoms with Crippen LogP contribution in [0.4, 0.5) is 8.78 Å². The number of rotatable bonds is 3. The van der Waals surface area contributed by atoms with Crippen LogP contribution < -0.4 is 5.73 Å². The molecule has 2 saturated carbocycles. The van der Waals surface area contributed by atoms with Crippen molar-refractivity contribution >= 4 is 0 Å². The summed E-state index contributed by atoms with van der Waals surface area (Å²) < 4.78 is 26.7. The van der Waals surface area contributed by atoms with E-state index in [1.54, 1.807) is 0 Å². The smallest absolute Gasteiger partial charge is 0.126 e. The van der Waals surface area contributed by atoms with Crippen molar-refractivity contribution in [1.82, 2.24) is 0 Å². The molecule has 3 heteroatoms. The van der Waals surface area contributed by atoms with Crippen LogP contribution >= 0.6 is 0 Å². The second kappa shape index (κ2) is 4.61. The molecule has 0 saturated heterocycles. The first-order valence-corrected chi connectivity index (χ1v) is 6.83. The number of benzene rings is 1. The molecule has 1 aromatic rings. The van der Waals surface area contributed by atoms with Gasteiger partial charge in [0.15, 0.2) is 0 Å². The van der Waals surface area contributed by atoms with Crippen molar-refractivity contribution in [3.05, 3.63) is 35.4 Å². The zero-order valence-electron chi connectivity index (χ0n) is 10.4. The molecule has 4 atom stereocenters. The lowest BCUT2D eigenvalue weighted by Gasteiger charge is -2.27. The first-order valence-electron chi connectivity index (χ1n) is 6.83. The molecule has 2 fully saturated rings. The fourth-order valence-corrected chi connectivity index (χ4v) is 3.92. The van der Waals surface area contributed by atoms with E-state index in [1.807, 2.05) is 0 Å². The van der Waals surface area contributed by atoms with E-state index in [2.05, 4.69) is 0 Å². The monoisotopic (exact) mass is 251 g/mol. The quantitative estimate of drug-likeness (QED) is 0.876. The highest BCUT2D eigenvalue weighted by atomic mass is 19.1. The van der Waals surface area contributed by atoms with Crippen LogP contribution in [-0.4, -0.2) is 6.04 Å².